The summed E-state index contributed by atoms with van der Waals surface area (Å²) in [5, 5.41) is 13.8. The molecule has 0 saturated heterocycles. The minimum Gasteiger partial charge on any atom is -0.480 e. The summed E-state index contributed by atoms with van der Waals surface area (Å²) in [5.74, 6) is -1.75. The van der Waals surface area contributed by atoms with E-state index in [2.05, 4.69) is 22.8 Å². The molecule has 180 valence electrons. The van der Waals surface area contributed by atoms with Gasteiger partial charge in [-0.15, -0.1) is 0 Å². The zero-order chi connectivity index (χ0) is 24.6. The molecule has 0 unspecified atom stereocenters. The summed E-state index contributed by atoms with van der Waals surface area (Å²) in [6, 6.07) is 24.4. The van der Waals surface area contributed by atoms with Crippen molar-refractivity contribution in [2.24, 2.45) is 0 Å². The van der Waals surface area contributed by atoms with Gasteiger partial charge in [-0.25, -0.2) is 9.59 Å². The third-order valence-electron chi connectivity index (χ3n) is 5.81. The summed E-state index contributed by atoms with van der Waals surface area (Å²) in [6.07, 6.45) is -0.482. The fourth-order valence-corrected chi connectivity index (χ4v) is 4.23. The molecule has 1 aliphatic carbocycles. The van der Waals surface area contributed by atoms with Gasteiger partial charge in [0.15, 0.2) is 0 Å². The van der Waals surface area contributed by atoms with Crippen molar-refractivity contribution in [3.63, 3.8) is 0 Å². The lowest BCUT2D eigenvalue weighted by atomic mass is 9.98. The van der Waals surface area contributed by atoms with Gasteiger partial charge in [-0.3, -0.25) is 4.79 Å². The maximum absolute atomic E-state index is 12.7. The highest BCUT2D eigenvalue weighted by Gasteiger charge is 2.29. The third kappa shape index (κ3) is 6.04. The van der Waals surface area contributed by atoms with Crippen LogP contribution in [0.15, 0.2) is 78.9 Å². The summed E-state index contributed by atoms with van der Waals surface area (Å²) in [6.45, 7) is -0.701. The second-order valence-electron chi connectivity index (χ2n) is 8.14. The number of ether oxygens (including phenoxy) is 2. The number of aliphatic carboxylic acids is 1. The average Bonchev–Trinajstić information content (AvgIpc) is 3.19. The second-order valence-corrected chi connectivity index (χ2v) is 8.14. The van der Waals surface area contributed by atoms with E-state index in [1.54, 1.807) is 0 Å². The Morgan fingerprint density at radius 2 is 1.46 bits per heavy atom. The van der Waals surface area contributed by atoms with E-state index in [9.17, 15) is 14.4 Å². The molecule has 4 rings (SSSR count). The molecule has 0 bridgehead atoms. The first-order chi connectivity index (χ1) is 17.0. The Balaban J connectivity index is 1.40. The van der Waals surface area contributed by atoms with Crippen molar-refractivity contribution in [2.45, 2.75) is 18.4 Å². The molecule has 3 aromatic rings. The molecule has 0 aliphatic heterocycles. The van der Waals surface area contributed by atoms with Gasteiger partial charge in [0.2, 0.25) is 5.91 Å². The number of fused-ring (bicyclic) bond motifs is 3. The van der Waals surface area contributed by atoms with Crippen LogP contribution in [0.1, 0.15) is 22.6 Å². The van der Waals surface area contributed by atoms with Crippen molar-refractivity contribution in [1.29, 1.82) is 0 Å². The van der Waals surface area contributed by atoms with Crippen LogP contribution in [0.2, 0.25) is 0 Å². The van der Waals surface area contributed by atoms with Gasteiger partial charge in [0, 0.05) is 12.3 Å². The van der Waals surface area contributed by atoms with Gasteiger partial charge in [0.1, 0.15) is 26.0 Å². The van der Waals surface area contributed by atoms with Crippen LogP contribution in [0, 0.1) is 0 Å². The average molecular weight is 475 g/mol. The van der Waals surface area contributed by atoms with E-state index < -0.39 is 30.6 Å². The highest BCUT2D eigenvalue weighted by Crippen LogP contribution is 2.44. The number of carbonyl (C=O) groups excluding carboxylic acids is 2. The lowest BCUT2D eigenvalue weighted by Crippen LogP contribution is -2.48. The zero-order valence-electron chi connectivity index (χ0n) is 19.0. The maximum Gasteiger partial charge on any atom is 0.407 e. The Hall–Kier alpha value is -4.17. The third-order valence-corrected chi connectivity index (χ3v) is 5.81. The van der Waals surface area contributed by atoms with Crippen LogP contribution in [0.25, 0.3) is 11.1 Å². The van der Waals surface area contributed by atoms with E-state index in [1.807, 2.05) is 66.7 Å². The fourth-order valence-electron chi connectivity index (χ4n) is 4.23. The second kappa shape index (κ2) is 11.3. The van der Waals surface area contributed by atoms with Gasteiger partial charge in [-0.1, -0.05) is 78.9 Å². The van der Waals surface area contributed by atoms with Crippen molar-refractivity contribution >= 4 is 18.0 Å². The highest BCUT2D eigenvalue weighted by atomic mass is 16.5. The van der Waals surface area contributed by atoms with E-state index in [4.69, 9.17) is 14.6 Å². The number of benzene rings is 3. The van der Waals surface area contributed by atoms with E-state index in [0.717, 1.165) is 27.8 Å². The first-order valence-electron chi connectivity index (χ1n) is 11.3. The van der Waals surface area contributed by atoms with Crippen LogP contribution in [0.3, 0.4) is 0 Å². The molecule has 35 heavy (non-hydrogen) atoms. The van der Waals surface area contributed by atoms with Crippen molar-refractivity contribution < 1.29 is 29.0 Å². The number of rotatable bonds is 10. The largest absolute Gasteiger partial charge is 0.480 e. The molecular weight excluding hydrogens is 448 g/mol. The molecule has 0 saturated carbocycles. The molecule has 1 atom stereocenters. The number of hydrogen-bond donors (Lipinski definition) is 3. The summed E-state index contributed by atoms with van der Waals surface area (Å²) in [5.41, 5.74) is 5.28. The molecule has 2 amide bonds. The number of amides is 2. The highest BCUT2D eigenvalue weighted by molar-refractivity contribution is 5.86. The van der Waals surface area contributed by atoms with Crippen molar-refractivity contribution in [2.75, 3.05) is 19.9 Å². The van der Waals surface area contributed by atoms with Crippen LogP contribution >= 0.6 is 0 Å². The quantitative estimate of drug-likeness (QED) is 0.307. The van der Waals surface area contributed by atoms with Crippen molar-refractivity contribution in [3.05, 3.63) is 95.6 Å². The molecule has 0 aromatic heterocycles. The number of carboxylic acids is 1. The van der Waals surface area contributed by atoms with E-state index in [0.29, 0.717) is 0 Å². The van der Waals surface area contributed by atoms with E-state index >= 15 is 0 Å². The molecule has 0 spiro atoms. The zero-order valence-corrected chi connectivity index (χ0v) is 19.0. The van der Waals surface area contributed by atoms with E-state index in [1.165, 1.54) is 0 Å². The molecule has 8 heteroatoms. The Bertz CT molecular complexity index is 1150. The van der Waals surface area contributed by atoms with Crippen LogP contribution in [-0.2, 0) is 25.5 Å². The standard InChI is InChI=1S/C27H26N2O6/c30-25(31)16-34-17-28-26(32)24(14-18-8-2-1-3-9-18)29-27(33)35-15-23-21-12-6-4-10-19(21)20-11-5-7-13-22(20)23/h1-13,23-24H,14-17H2,(H,28,32)(H,29,33)(H,30,31)/t24-/m0/s1. The summed E-state index contributed by atoms with van der Waals surface area (Å²) in [7, 11) is 0. The van der Waals surface area contributed by atoms with Gasteiger partial charge in [-0.05, 0) is 27.8 Å². The topological polar surface area (TPSA) is 114 Å². The molecule has 0 heterocycles. The fraction of sp³-hybridized carbons (Fsp3) is 0.222. The molecule has 0 fully saturated rings. The predicted molar refractivity (Wildman–Crippen MR) is 129 cm³/mol. The van der Waals surface area contributed by atoms with Gasteiger partial charge >= 0.3 is 12.1 Å². The Labute approximate surface area is 202 Å². The maximum atomic E-state index is 12.7. The predicted octanol–water partition coefficient (Wildman–Crippen LogP) is 3.31. The number of hydrogen-bond acceptors (Lipinski definition) is 5. The minimum atomic E-state index is -1.14. The Morgan fingerprint density at radius 1 is 0.857 bits per heavy atom. The molecular formula is C27H26N2O6. The molecule has 3 N–H and O–H groups in total. The van der Waals surface area contributed by atoms with Crippen molar-refractivity contribution in [1.82, 2.24) is 10.6 Å². The molecule has 8 nitrogen and oxygen atoms in total. The smallest absolute Gasteiger partial charge is 0.407 e. The first-order valence-corrected chi connectivity index (χ1v) is 11.3. The number of nitrogens with one attached hydrogen (secondary N) is 2. The van der Waals surface area contributed by atoms with Gasteiger partial charge in [-0.2, -0.15) is 0 Å². The minimum absolute atomic E-state index is 0.0982. The molecule has 3 aromatic carbocycles. The summed E-state index contributed by atoms with van der Waals surface area (Å²) < 4.78 is 10.5. The van der Waals surface area contributed by atoms with Crippen LogP contribution in [0.4, 0.5) is 4.79 Å². The molecule has 1 aliphatic rings. The lowest BCUT2D eigenvalue weighted by molar-refractivity contribution is -0.143. The van der Waals surface area contributed by atoms with Crippen LogP contribution in [-0.4, -0.2) is 49.1 Å². The number of carbonyl (C=O) groups is 3. The van der Waals surface area contributed by atoms with Crippen LogP contribution < -0.4 is 10.6 Å². The van der Waals surface area contributed by atoms with Gasteiger partial charge in [0.05, 0.1) is 0 Å². The van der Waals surface area contributed by atoms with Crippen LogP contribution in [0.5, 0.6) is 0 Å². The number of alkyl carbamates (subject to hydrolysis) is 1. The van der Waals surface area contributed by atoms with Gasteiger partial charge in [0.25, 0.3) is 0 Å². The lowest BCUT2D eigenvalue weighted by Gasteiger charge is -2.20. The van der Waals surface area contributed by atoms with E-state index in [-0.39, 0.29) is 25.7 Å². The van der Waals surface area contributed by atoms with Gasteiger partial charge < -0.3 is 25.2 Å². The van der Waals surface area contributed by atoms with Crippen molar-refractivity contribution in [3.8, 4) is 11.1 Å². The number of carboxylic acid groups (broad SMARTS) is 1. The summed E-state index contributed by atoms with van der Waals surface area (Å²) in [4.78, 5) is 36.0. The monoisotopic (exact) mass is 474 g/mol. The Morgan fingerprint density at radius 3 is 2.09 bits per heavy atom. The normalized spacial score (nSPS) is 12.8. The Kier molecular flexibility index (Phi) is 7.74. The SMILES string of the molecule is O=C(O)COCNC(=O)[C@H](Cc1ccccc1)NC(=O)OCC1c2ccccc2-c2ccccc21. The molecule has 0 radical (unpaired) electrons. The summed E-state index contributed by atoms with van der Waals surface area (Å²) >= 11 is 0. The first kappa shape index (κ1) is 24.0.